The first-order chi connectivity index (χ1) is 7.66. The molecule has 1 heteroatoms. The highest BCUT2D eigenvalue weighted by molar-refractivity contribution is 6.32. The molecule has 78 valence electrons. The summed E-state index contributed by atoms with van der Waals surface area (Å²) in [6.07, 6.45) is 0. The van der Waals surface area contributed by atoms with E-state index in [0.29, 0.717) is 5.92 Å². The van der Waals surface area contributed by atoms with Gasteiger partial charge in [0.25, 0.3) is 0 Å². The van der Waals surface area contributed by atoms with Gasteiger partial charge in [-0.3, -0.25) is 0 Å². The van der Waals surface area contributed by atoms with Gasteiger partial charge in [-0.15, -0.1) is 0 Å². The summed E-state index contributed by atoms with van der Waals surface area (Å²) in [5.74, 6) is 0.579. The summed E-state index contributed by atoms with van der Waals surface area (Å²) in [6, 6.07) is 16.7. The Kier molecular flexibility index (Phi) is 3.14. The zero-order valence-electron chi connectivity index (χ0n) is 9.77. The van der Waals surface area contributed by atoms with Crippen LogP contribution in [0.5, 0.6) is 0 Å². The Hall–Kier alpha value is -1.50. The first-order valence-electron chi connectivity index (χ1n) is 5.62. The van der Waals surface area contributed by atoms with Gasteiger partial charge in [-0.2, -0.15) is 0 Å². The van der Waals surface area contributed by atoms with Crippen LogP contribution in [0.3, 0.4) is 0 Å². The molecule has 0 amide bonds. The fraction of sp³-hybridized carbons (Fsp3) is 0.200. The van der Waals surface area contributed by atoms with Crippen molar-refractivity contribution < 1.29 is 0 Å². The van der Waals surface area contributed by atoms with Crippen molar-refractivity contribution in [3.05, 3.63) is 54.1 Å². The minimum atomic E-state index is 0.579. The second kappa shape index (κ2) is 4.57. The zero-order valence-corrected chi connectivity index (χ0v) is 9.77. The zero-order chi connectivity index (χ0) is 11.5. The molecule has 0 N–H and O–H groups in total. The number of hydrogen-bond donors (Lipinski definition) is 0. The minimum absolute atomic E-state index is 0.579. The van der Waals surface area contributed by atoms with Gasteiger partial charge in [0, 0.05) is 0 Å². The van der Waals surface area contributed by atoms with E-state index in [1.807, 2.05) is 18.2 Å². The Morgan fingerprint density at radius 1 is 0.875 bits per heavy atom. The molecule has 0 unspecified atom stereocenters. The summed E-state index contributed by atoms with van der Waals surface area (Å²) in [5, 5.41) is 0. The summed E-state index contributed by atoms with van der Waals surface area (Å²) in [4.78, 5) is 0. The maximum Gasteiger partial charge on any atom is 0.113 e. The van der Waals surface area contributed by atoms with Crippen LogP contribution in [-0.2, 0) is 0 Å². The van der Waals surface area contributed by atoms with Gasteiger partial charge < -0.3 is 0 Å². The van der Waals surface area contributed by atoms with Crippen LogP contribution in [0.25, 0.3) is 11.1 Å². The molecule has 0 nitrogen and oxygen atoms in total. The summed E-state index contributed by atoms with van der Waals surface area (Å²) in [5.41, 5.74) is 4.57. The van der Waals surface area contributed by atoms with Crippen LogP contribution >= 0.6 is 0 Å². The van der Waals surface area contributed by atoms with Crippen LogP contribution in [0.2, 0.25) is 0 Å². The first kappa shape index (κ1) is 11.0. The second-order valence-electron chi connectivity index (χ2n) is 4.40. The van der Waals surface area contributed by atoms with Gasteiger partial charge in [0.2, 0.25) is 0 Å². The maximum absolute atomic E-state index is 5.77. The van der Waals surface area contributed by atoms with E-state index >= 15 is 0 Å². The molecule has 0 spiro atoms. The Morgan fingerprint density at radius 2 is 1.56 bits per heavy atom. The van der Waals surface area contributed by atoms with Crippen molar-refractivity contribution in [3.63, 3.8) is 0 Å². The summed E-state index contributed by atoms with van der Waals surface area (Å²) in [7, 11) is 5.77. The van der Waals surface area contributed by atoms with Crippen molar-refractivity contribution >= 4 is 13.3 Å². The fourth-order valence-electron chi connectivity index (χ4n) is 1.78. The van der Waals surface area contributed by atoms with Crippen molar-refractivity contribution in [2.24, 2.45) is 0 Å². The number of rotatable bonds is 2. The third kappa shape index (κ3) is 2.36. The van der Waals surface area contributed by atoms with Crippen LogP contribution in [0, 0.1) is 0 Å². The van der Waals surface area contributed by atoms with Gasteiger partial charge in [-0.05, 0) is 22.6 Å². The quantitative estimate of drug-likeness (QED) is 0.661. The van der Waals surface area contributed by atoms with Gasteiger partial charge in [0.1, 0.15) is 7.85 Å². The van der Waals surface area contributed by atoms with E-state index in [2.05, 4.69) is 44.2 Å². The Balaban J connectivity index is 2.35. The molecular weight excluding hydrogens is 191 g/mol. The third-order valence-corrected chi connectivity index (χ3v) is 2.80. The molecule has 2 aromatic carbocycles. The second-order valence-corrected chi connectivity index (χ2v) is 4.40. The number of hydrogen-bond acceptors (Lipinski definition) is 0. The lowest BCUT2D eigenvalue weighted by molar-refractivity contribution is 0.867. The SMILES string of the molecule is [B]c1cccc(-c2ccc(C(C)C)cc2)c1. The molecule has 0 aliphatic heterocycles. The molecule has 0 fully saturated rings. The molecular formula is C15H15B. The standard InChI is InChI=1S/C15H15B/c1-11(2)12-6-8-13(9-7-12)14-4-3-5-15(16)10-14/h3-11H,1-2H3. The van der Waals surface area contributed by atoms with Crippen molar-refractivity contribution in [1.29, 1.82) is 0 Å². The van der Waals surface area contributed by atoms with Crippen molar-refractivity contribution in [2.75, 3.05) is 0 Å². The smallest absolute Gasteiger partial charge is 0.0961 e. The lowest BCUT2D eigenvalue weighted by Crippen LogP contribution is -2.00. The maximum atomic E-state index is 5.77. The first-order valence-corrected chi connectivity index (χ1v) is 5.62. The highest BCUT2D eigenvalue weighted by Crippen LogP contribution is 2.21. The topological polar surface area (TPSA) is 0 Å². The van der Waals surface area contributed by atoms with Gasteiger partial charge in [-0.1, -0.05) is 67.8 Å². The van der Waals surface area contributed by atoms with Crippen LogP contribution in [-0.4, -0.2) is 7.85 Å². The molecule has 0 aliphatic rings. The van der Waals surface area contributed by atoms with Gasteiger partial charge in [-0.25, -0.2) is 0 Å². The average molecular weight is 206 g/mol. The predicted molar refractivity (Wildman–Crippen MR) is 71.4 cm³/mol. The van der Waals surface area contributed by atoms with E-state index in [9.17, 15) is 0 Å². The fourth-order valence-corrected chi connectivity index (χ4v) is 1.78. The lowest BCUT2D eigenvalue weighted by Gasteiger charge is -2.07. The lowest BCUT2D eigenvalue weighted by atomic mass is 9.91. The number of benzene rings is 2. The van der Waals surface area contributed by atoms with Crippen molar-refractivity contribution in [3.8, 4) is 11.1 Å². The molecule has 0 bridgehead atoms. The largest absolute Gasteiger partial charge is 0.113 e. The molecule has 0 saturated carbocycles. The monoisotopic (exact) mass is 206 g/mol. The highest BCUT2D eigenvalue weighted by atomic mass is 14.0. The molecule has 2 rings (SSSR count). The van der Waals surface area contributed by atoms with E-state index in [1.54, 1.807) is 0 Å². The van der Waals surface area contributed by atoms with Crippen molar-refractivity contribution in [2.45, 2.75) is 19.8 Å². The van der Waals surface area contributed by atoms with Crippen molar-refractivity contribution in [1.82, 2.24) is 0 Å². The van der Waals surface area contributed by atoms with E-state index in [4.69, 9.17) is 7.85 Å². The van der Waals surface area contributed by atoms with Crippen LogP contribution in [0.1, 0.15) is 25.3 Å². The van der Waals surface area contributed by atoms with E-state index < -0.39 is 0 Å². The highest BCUT2D eigenvalue weighted by Gasteiger charge is 2.00. The molecule has 0 atom stereocenters. The molecule has 0 heterocycles. The molecule has 0 saturated heterocycles. The molecule has 16 heavy (non-hydrogen) atoms. The van der Waals surface area contributed by atoms with E-state index in [-0.39, 0.29) is 0 Å². The van der Waals surface area contributed by atoms with Gasteiger partial charge in [0.05, 0.1) is 0 Å². The minimum Gasteiger partial charge on any atom is -0.0961 e. The summed E-state index contributed by atoms with van der Waals surface area (Å²) < 4.78 is 0. The predicted octanol–water partition coefficient (Wildman–Crippen LogP) is 3.27. The Labute approximate surface area is 98.7 Å². The Morgan fingerprint density at radius 3 is 2.12 bits per heavy atom. The van der Waals surface area contributed by atoms with Crippen LogP contribution in [0.4, 0.5) is 0 Å². The average Bonchev–Trinajstić information content (AvgIpc) is 2.29. The molecule has 2 radical (unpaired) electrons. The summed E-state index contributed by atoms with van der Waals surface area (Å²) in [6.45, 7) is 4.41. The normalized spacial score (nSPS) is 10.7. The molecule has 2 aromatic rings. The van der Waals surface area contributed by atoms with E-state index in [0.717, 1.165) is 5.46 Å². The van der Waals surface area contributed by atoms with Crippen LogP contribution in [0.15, 0.2) is 48.5 Å². The molecule has 0 aromatic heterocycles. The molecule has 0 aliphatic carbocycles. The summed E-state index contributed by atoms with van der Waals surface area (Å²) >= 11 is 0. The Bertz CT molecular complexity index is 469. The van der Waals surface area contributed by atoms with Gasteiger partial charge in [0.15, 0.2) is 0 Å². The third-order valence-electron chi connectivity index (χ3n) is 2.80. The van der Waals surface area contributed by atoms with Crippen LogP contribution < -0.4 is 5.46 Å². The van der Waals surface area contributed by atoms with E-state index in [1.165, 1.54) is 16.7 Å². The van der Waals surface area contributed by atoms with Gasteiger partial charge >= 0.3 is 0 Å².